The molecule has 0 saturated carbocycles. The monoisotopic (exact) mass is 334 g/mol. The number of rotatable bonds is 10. The van der Waals surface area contributed by atoms with Crippen LogP contribution >= 0.6 is 11.3 Å². The number of carboxylic acid groups (broad SMARTS) is 1. The predicted molar refractivity (Wildman–Crippen MR) is 78.6 cm³/mol. The van der Waals surface area contributed by atoms with Crippen molar-refractivity contribution in [1.29, 1.82) is 0 Å². The Balaban J connectivity index is 2.16. The summed E-state index contributed by atoms with van der Waals surface area (Å²) in [5.74, 6) is -1.24. The Labute approximate surface area is 127 Å². The summed E-state index contributed by atoms with van der Waals surface area (Å²) in [6, 6.07) is 3.09. The van der Waals surface area contributed by atoms with Gasteiger partial charge >= 0.3 is 5.97 Å². The summed E-state index contributed by atoms with van der Waals surface area (Å²) >= 11 is 1.08. The molecule has 3 N–H and O–H groups in total. The van der Waals surface area contributed by atoms with Crippen LogP contribution in [0.25, 0.3) is 0 Å². The van der Waals surface area contributed by atoms with E-state index in [1.54, 1.807) is 11.4 Å². The average molecular weight is 334 g/mol. The second-order valence-corrected chi connectivity index (χ2v) is 7.25. The summed E-state index contributed by atoms with van der Waals surface area (Å²) < 4.78 is 25.9. The molecule has 1 aromatic heterocycles. The number of amides is 1. The molecular weight excluding hydrogens is 316 g/mol. The molecule has 0 aliphatic heterocycles. The van der Waals surface area contributed by atoms with Crippen LogP contribution in [-0.4, -0.2) is 38.5 Å². The van der Waals surface area contributed by atoms with E-state index in [9.17, 15) is 18.0 Å². The minimum atomic E-state index is -3.62. The standard InChI is InChI=1S/C12H18N2O5S2/c15-10(13-7-3-1-2-5-11(16)17)9-14-21(18,19)12-6-4-8-20-12/h4,6,8,14H,1-3,5,7,9H2,(H,13,15)(H,16,17). The molecule has 0 aliphatic rings. The zero-order chi connectivity index (χ0) is 15.7. The van der Waals surface area contributed by atoms with Crippen LogP contribution in [0.1, 0.15) is 25.7 Å². The summed E-state index contributed by atoms with van der Waals surface area (Å²) in [6.45, 7) is 0.0918. The van der Waals surface area contributed by atoms with E-state index in [1.165, 1.54) is 6.07 Å². The Kier molecular flexibility index (Phi) is 7.34. The Bertz CT molecular complexity index is 554. The van der Waals surface area contributed by atoms with Gasteiger partial charge in [-0.25, -0.2) is 13.1 Å². The lowest BCUT2D eigenvalue weighted by Crippen LogP contribution is -2.37. The van der Waals surface area contributed by atoms with E-state index in [0.717, 1.165) is 11.3 Å². The number of carbonyl (C=O) groups excluding carboxylic acids is 1. The fourth-order valence-corrected chi connectivity index (χ4v) is 3.54. The van der Waals surface area contributed by atoms with Crippen molar-refractivity contribution in [2.45, 2.75) is 29.9 Å². The molecule has 0 bridgehead atoms. The summed E-state index contributed by atoms with van der Waals surface area (Å²) in [7, 11) is -3.62. The minimum Gasteiger partial charge on any atom is -0.481 e. The molecule has 0 radical (unpaired) electrons. The Morgan fingerprint density at radius 3 is 2.62 bits per heavy atom. The minimum absolute atomic E-state index is 0.120. The summed E-state index contributed by atoms with van der Waals surface area (Å²) in [4.78, 5) is 21.8. The van der Waals surface area contributed by atoms with Gasteiger partial charge in [-0.2, -0.15) is 0 Å². The van der Waals surface area contributed by atoms with Crippen LogP contribution in [-0.2, 0) is 19.6 Å². The van der Waals surface area contributed by atoms with Gasteiger partial charge in [-0.3, -0.25) is 9.59 Å². The molecule has 9 heteroatoms. The Hall–Kier alpha value is -1.45. The van der Waals surface area contributed by atoms with Crippen LogP contribution < -0.4 is 10.0 Å². The maximum Gasteiger partial charge on any atom is 0.303 e. The van der Waals surface area contributed by atoms with Gasteiger partial charge in [-0.15, -0.1) is 11.3 Å². The maximum atomic E-state index is 11.7. The molecule has 1 heterocycles. The first kappa shape index (κ1) is 17.6. The van der Waals surface area contributed by atoms with Crippen molar-refractivity contribution in [3.05, 3.63) is 17.5 Å². The van der Waals surface area contributed by atoms with Crippen molar-refractivity contribution in [2.75, 3.05) is 13.1 Å². The molecule has 1 rings (SSSR count). The van der Waals surface area contributed by atoms with Crippen molar-refractivity contribution in [2.24, 2.45) is 0 Å². The van der Waals surface area contributed by atoms with E-state index in [4.69, 9.17) is 5.11 Å². The number of sulfonamides is 1. The highest BCUT2D eigenvalue weighted by Crippen LogP contribution is 2.14. The third-order valence-electron chi connectivity index (χ3n) is 2.57. The van der Waals surface area contributed by atoms with Gasteiger partial charge in [-0.1, -0.05) is 12.5 Å². The summed E-state index contributed by atoms with van der Waals surface area (Å²) in [5.41, 5.74) is 0. The zero-order valence-electron chi connectivity index (χ0n) is 11.4. The smallest absolute Gasteiger partial charge is 0.303 e. The second-order valence-electron chi connectivity index (χ2n) is 4.31. The number of hydrogen-bond donors (Lipinski definition) is 3. The maximum absolute atomic E-state index is 11.7. The highest BCUT2D eigenvalue weighted by atomic mass is 32.2. The Morgan fingerprint density at radius 2 is 2.00 bits per heavy atom. The number of unbranched alkanes of at least 4 members (excludes halogenated alkanes) is 2. The number of thiophene rings is 1. The first-order chi connectivity index (χ1) is 9.92. The summed E-state index contributed by atoms with van der Waals surface area (Å²) in [5, 5.41) is 12.7. The fraction of sp³-hybridized carbons (Fsp3) is 0.500. The van der Waals surface area contributed by atoms with E-state index < -0.39 is 21.9 Å². The van der Waals surface area contributed by atoms with Gasteiger partial charge in [0.1, 0.15) is 4.21 Å². The fourth-order valence-electron chi connectivity index (χ4n) is 1.52. The van der Waals surface area contributed by atoms with Crippen molar-refractivity contribution in [1.82, 2.24) is 10.0 Å². The van der Waals surface area contributed by atoms with Crippen molar-refractivity contribution < 1.29 is 23.1 Å². The molecule has 0 saturated heterocycles. The van der Waals surface area contributed by atoms with Gasteiger partial charge < -0.3 is 10.4 Å². The van der Waals surface area contributed by atoms with Crippen LogP contribution in [0.4, 0.5) is 0 Å². The molecule has 0 unspecified atom stereocenters. The van der Waals surface area contributed by atoms with Gasteiger partial charge in [0.2, 0.25) is 5.91 Å². The molecule has 118 valence electrons. The lowest BCUT2D eigenvalue weighted by molar-refractivity contribution is -0.137. The number of carbonyl (C=O) groups is 2. The first-order valence-electron chi connectivity index (χ1n) is 6.43. The molecule has 1 amide bonds. The summed E-state index contributed by atoms with van der Waals surface area (Å²) in [6.07, 6.45) is 2.05. The topological polar surface area (TPSA) is 113 Å². The predicted octanol–water partition coefficient (Wildman–Crippen LogP) is 0.788. The lowest BCUT2D eigenvalue weighted by atomic mass is 10.2. The highest BCUT2D eigenvalue weighted by molar-refractivity contribution is 7.91. The molecule has 1 aromatic rings. The third kappa shape index (κ3) is 7.21. The highest BCUT2D eigenvalue weighted by Gasteiger charge is 2.15. The molecule has 0 aliphatic carbocycles. The van der Waals surface area contributed by atoms with Crippen LogP contribution in [0.2, 0.25) is 0 Å². The Morgan fingerprint density at radius 1 is 1.24 bits per heavy atom. The molecular formula is C12H18N2O5S2. The van der Waals surface area contributed by atoms with Crippen molar-refractivity contribution >= 4 is 33.2 Å². The van der Waals surface area contributed by atoms with E-state index >= 15 is 0 Å². The molecule has 0 aromatic carbocycles. The quantitative estimate of drug-likeness (QED) is 0.548. The van der Waals surface area contributed by atoms with E-state index in [0.29, 0.717) is 25.8 Å². The van der Waals surface area contributed by atoms with Crippen molar-refractivity contribution in [3.63, 3.8) is 0 Å². The van der Waals surface area contributed by atoms with E-state index in [-0.39, 0.29) is 17.2 Å². The number of nitrogens with one attached hydrogen (secondary N) is 2. The molecule has 7 nitrogen and oxygen atoms in total. The van der Waals surface area contributed by atoms with Gasteiger partial charge in [0.15, 0.2) is 0 Å². The third-order valence-corrected chi connectivity index (χ3v) is 5.37. The van der Waals surface area contributed by atoms with Crippen molar-refractivity contribution in [3.8, 4) is 0 Å². The van der Waals surface area contributed by atoms with Crippen LogP contribution in [0.5, 0.6) is 0 Å². The van der Waals surface area contributed by atoms with Gasteiger partial charge in [0, 0.05) is 13.0 Å². The SMILES string of the molecule is O=C(O)CCCCCNC(=O)CNS(=O)(=O)c1cccs1. The molecule has 0 atom stereocenters. The van der Waals surface area contributed by atoms with Gasteiger partial charge in [0.25, 0.3) is 10.0 Å². The van der Waals surface area contributed by atoms with Crippen LogP contribution in [0.3, 0.4) is 0 Å². The van der Waals surface area contributed by atoms with Gasteiger partial charge in [0.05, 0.1) is 6.54 Å². The average Bonchev–Trinajstić information content (AvgIpc) is 2.95. The molecule has 0 fully saturated rings. The van der Waals surface area contributed by atoms with Crippen LogP contribution in [0.15, 0.2) is 21.7 Å². The second kappa shape index (κ2) is 8.75. The van der Waals surface area contributed by atoms with E-state index in [1.807, 2.05) is 0 Å². The molecule has 21 heavy (non-hydrogen) atoms. The lowest BCUT2D eigenvalue weighted by Gasteiger charge is -2.06. The zero-order valence-corrected chi connectivity index (χ0v) is 13.0. The number of hydrogen-bond acceptors (Lipinski definition) is 5. The first-order valence-corrected chi connectivity index (χ1v) is 8.80. The largest absolute Gasteiger partial charge is 0.481 e. The van der Waals surface area contributed by atoms with Gasteiger partial charge in [-0.05, 0) is 24.3 Å². The van der Waals surface area contributed by atoms with Crippen LogP contribution in [0, 0.1) is 0 Å². The normalized spacial score (nSPS) is 11.2. The molecule has 0 spiro atoms. The number of aliphatic carboxylic acids is 1. The number of carboxylic acids is 1. The van der Waals surface area contributed by atoms with E-state index in [2.05, 4.69) is 10.0 Å².